The molecule has 0 fully saturated rings. The molecule has 0 aromatic carbocycles. The van der Waals surface area contributed by atoms with E-state index in [0.29, 0.717) is 19.6 Å². The van der Waals surface area contributed by atoms with E-state index in [-0.39, 0.29) is 12.3 Å². The van der Waals surface area contributed by atoms with Crippen molar-refractivity contribution < 1.29 is 19.0 Å². The van der Waals surface area contributed by atoms with E-state index in [0.717, 1.165) is 25.7 Å². The summed E-state index contributed by atoms with van der Waals surface area (Å²) in [6.45, 7) is 5.52. The van der Waals surface area contributed by atoms with E-state index in [2.05, 4.69) is 18.6 Å². The molecule has 0 saturated heterocycles. The fraction of sp³-hybridized carbons (Fsp3) is 0.917. The van der Waals surface area contributed by atoms with Gasteiger partial charge in [0, 0.05) is 19.6 Å². The third-order valence-corrected chi connectivity index (χ3v) is 2.06. The molecule has 0 aromatic heterocycles. The quantitative estimate of drug-likeness (QED) is 0.429. The number of rotatable bonds is 10. The van der Waals surface area contributed by atoms with E-state index < -0.39 is 0 Å². The summed E-state index contributed by atoms with van der Waals surface area (Å²) in [5, 5.41) is 0. The Morgan fingerprint density at radius 1 is 1.12 bits per heavy atom. The van der Waals surface area contributed by atoms with Crippen molar-refractivity contribution in [3.05, 3.63) is 0 Å². The van der Waals surface area contributed by atoms with Crippen molar-refractivity contribution in [1.82, 2.24) is 0 Å². The molecule has 0 aliphatic heterocycles. The summed E-state index contributed by atoms with van der Waals surface area (Å²) < 4.78 is 15.6. The lowest BCUT2D eigenvalue weighted by Crippen LogP contribution is -2.19. The average Bonchev–Trinajstić information content (AvgIpc) is 2.31. The fourth-order valence-corrected chi connectivity index (χ4v) is 1.23. The summed E-state index contributed by atoms with van der Waals surface area (Å²) in [6, 6.07) is 0. The minimum Gasteiger partial charge on any atom is -0.469 e. The predicted molar refractivity (Wildman–Crippen MR) is 62.1 cm³/mol. The van der Waals surface area contributed by atoms with E-state index in [1.54, 1.807) is 0 Å². The molecule has 0 aliphatic carbocycles. The first kappa shape index (κ1) is 15.4. The largest absolute Gasteiger partial charge is 0.469 e. The zero-order valence-corrected chi connectivity index (χ0v) is 10.7. The second-order valence-corrected chi connectivity index (χ2v) is 3.64. The van der Waals surface area contributed by atoms with Gasteiger partial charge in [0.1, 0.15) is 0 Å². The topological polar surface area (TPSA) is 44.8 Å². The van der Waals surface area contributed by atoms with Crippen LogP contribution >= 0.6 is 0 Å². The number of carbonyl (C=O) groups is 1. The first-order valence-electron chi connectivity index (χ1n) is 6.04. The number of methoxy groups -OCH3 is 1. The van der Waals surface area contributed by atoms with Crippen molar-refractivity contribution in [2.75, 3.05) is 20.3 Å². The maximum absolute atomic E-state index is 10.9. The normalized spacial score (nSPS) is 10.8. The Morgan fingerprint density at radius 3 is 2.12 bits per heavy atom. The molecule has 4 nitrogen and oxygen atoms in total. The Kier molecular flexibility index (Phi) is 10.5. The number of hydrogen-bond donors (Lipinski definition) is 0. The third kappa shape index (κ3) is 8.68. The van der Waals surface area contributed by atoms with Gasteiger partial charge in [-0.2, -0.15) is 0 Å². The Bertz CT molecular complexity index is 162. The van der Waals surface area contributed by atoms with E-state index in [4.69, 9.17) is 9.47 Å². The van der Waals surface area contributed by atoms with Gasteiger partial charge in [0.25, 0.3) is 0 Å². The maximum Gasteiger partial charge on any atom is 0.305 e. The van der Waals surface area contributed by atoms with Crippen LogP contribution in [0, 0.1) is 0 Å². The molecule has 0 atom stereocenters. The lowest BCUT2D eigenvalue weighted by atomic mass is 10.2. The molecule has 0 bridgehead atoms. The van der Waals surface area contributed by atoms with Gasteiger partial charge in [0.05, 0.1) is 7.11 Å². The first-order chi connectivity index (χ1) is 7.74. The highest BCUT2D eigenvalue weighted by molar-refractivity contribution is 5.68. The smallest absolute Gasteiger partial charge is 0.305 e. The molecular weight excluding hydrogens is 208 g/mol. The molecule has 0 spiro atoms. The maximum atomic E-state index is 10.9. The van der Waals surface area contributed by atoms with Crippen LogP contribution in [-0.4, -0.2) is 32.6 Å². The van der Waals surface area contributed by atoms with E-state index in [1.807, 2.05) is 0 Å². The molecule has 0 saturated carbocycles. The van der Waals surface area contributed by atoms with E-state index >= 15 is 0 Å². The van der Waals surface area contributed by atoms with Gasteiger partial charge in [-0.05, 0) is 25.7 Å². The highest BCUT2D eigenvalue weighted by atomic mass is 16.7. The van der Waals surface area contributed by atoms with Gasteiger partial charge >= 0.3 is 5.97 Å². The highest BCUT2D eigenvalue weighted by Gasteiger charge is 2.10. The van der Waals surface area contributed by atoms with Crippen LogP contribution in [0.2, 0.25) is 0 Å². The molecule has 0 rings (SSSR count). The van der Waals surface area contributed by atoms with Gasteiger partial charge in [-0.3, -0.25) is 4.79 Å². The zero-order chi connectivity index (χ0) is 12.2. The minimum atomic E-state index is -0.176. The number of ether oxygens (including phenoxy) is 3. The Balaban J connectivity index is 3.67. The van der Waals surface area contributed by atoms with Crippen LogP contribution in [0.5, 0.6) is 0 Å². The summed E-state index contributed by atoms with van der Waals surface area (Å²) in [6.07, 6.45) is 3.69. The van der Waals surface area contributed by atoms with Gasteiger partial charge in [-0.1, -0.05) is 13.8 Å². The molecule has 0 amide bonds. The van der Waals surface area contributed by atoms with Crippen molar-refractivity contribution >= 4 is 5.97 Å². The van der Waals surface area contributed by atoms with Gasteiger partial charge < -0.3 is 14.2 Å². The first-order valence-corrected chi connectivity index (χ1v) is 6.04. The van der Waals surface area contributed by atoms with Crippen molar-refractivity contribution in [1.29, 1.82) is 0 Å². The van der Waals surface area contributed by atoms with Gasteiger partial charge in [0.15, 0.2) is 6.29 Å². The summed E-state index contributed by atoms with van der Waals surface area (Å²) in [4.78, 5) is 10.9. The minimum absolute atomic E-state index is 0.176. The second-order valence-electron chi connectivity index (χ2n) is 3.64. The van der Waals surface area contributed by atoms with Crippen LogP contribution in [-0.2, 0) is 19.0 Å². The summed E-state index contributed by atoms with van der Waals surface area (Å²) >= 11 is 0. The second kappa shape index (κ2) is 10.9. The van der Waals surface area contributed by atoms with E-state index in [1.165, 1.54) is 7.11 Å². The SMILES string of the molecule is CCCOC(CCCC(=O)OC)OCCC. The Hall–Kier alpha value is -0.610. The van der Waals surface area contributed by atoms with Crippen LogP contribution in [0.25, 0.3) is 0 Å². The highest BCUT2D eigenvalue weighted by Crippen LogP contribution is 2.08. The standard InChI is InChI=1S/C12H24O4/c1-4-9-15-12(16-10-5-2)8-6-7-11(13)14-3/h12H,4-10H2,1-3H3. The van der Waals surface area contributed by atoms with Crippen LogP contribution in [0.15, 0.2) is 0 Å². The monoisotopic (exact) mass is 232 g/mol. The lowest BCUT2D eigenvalue weighted by molar-refractivity contribution is -0.149. The lowest BCUT2D eigenvalue weighted by Gasteiger charge is -2.17. The Morgan fingerprint density at radius 2 is 1.69 bits per heavy atom. The Labute approximate surface area is 98.3 Å². The van der Waals surface area contributed by atoms with Gasteiger partial charge in [0.2, 0.25) is 0 Å². The third-order valence-electron chi connectivity index (χ3n) is 2.06. The van der Waals surface area contributed by atoms with Crippen LogP contribution in [0.4, 0.5) is 0 Å². The molecule has 0 aromatic rings. The zero-order valence-electron chi connectivity index (χ0n) is 10.7. The molecule has 0 unspecified atom stereocenters. The molecule has 0 radical (unpaired) electrons. The molecule has 4 heteroatoms. The van der Waals surface area contributed by atoms with Crippen LogP contribution in [0.1, 0.15) is 46.0 Å². The van der Waals surface area contributed by atoms with Crippen molar-refractivity contribution in [2.24, 2.45) is 0 Å². The predicted octanol–water partition coefficient (Wildman–Crippen LogP) is 2.51. The summed E-state index contributed by atoms with van der Waals surface area (Å²) in [5.41, 5.74) is 0. The van der Waals surface area contributed by atoms with Crippen molar-refractivity contribution in [3.8, 4) is 0 Å². The van der Waals surface area contributed by atoms with Gasteiger partial charge in [-0.15, -0.1) is 0 Å². The molecular formula is C12H24O4. The number of hydrogen-bond acceptors (Lipinski definition) is 4. The van der Waals surface area contributed by atoms with Gasteiger partial charge in [-0.25, -0.2) is 0 Å². The number of esters is 1. The molecule has 0 aliphatic rings. The van der Waals surface area contributed by atoms with Crippen molar-refractivity contribution in [2.45, 2.75) is 52.2 Å². The molecule has 96 valence electrons. The summed E-state index contributed by atoms with van der Waals surface area (Å²) in [5.74, 6) is -0.176. The number of carbonyl (C=O) groups excluding carboxylic acids is 1. The average molecular weight is 232 g/mol. The molecule has 0 N–H and O–H groups in total. The van der Waals surface area contributed by atoms with Crippen LogP contribution < -0.4 is 0 Å². The van der Waals surface area contributed by atoms with Crippen molar-refractivity contribution in [3.63, 3.8) is 0 Å². The molecule has 16 heavy (non-hydrogen) atoms. The fourth-order valence-electron chi connectivity index (χ4n) is 1.23. The summed E-state index contributed by atoms with van der Waals surface area (Å²) in [7, 11) is 1.40. The van der Waals surface area contributed by atoms with Crippen LogP contribution in [0.3, 0.4) is 0 Å². The molecule has 0 heterocycles. The van der Waals surface area contributed by atoms with E-state index in [9.17, 15) is 4.79 Å².